The molecule has 2 heteroatoms. The molecule has 0 spiro atoms. The first kappa shape index (κ1) is 11.6. The summed E-state index contributed by atoms with van der Waals surface area (Å²) >= 11 is 0. The Kier molecular flexibility index (Phi) is 4.49. The van der Waals surface area contributed by atoms with Crippen LogP contribution in [0.4, 0.5) is 5.69 Å². The first-order chi connectivity index (χ1) is 8.45. The predicted molar refractivity (Wildman–Crippen MR) is 70.7 cm³/mol. The minimum atomic E-state index is 0.532. The molecule has 0 heterocycles. The molecule has 17 heavy (non-hydrogen) atoms. The van der Waals surface area contributed by atoms with Crippen molar-refractivity contribution >= 4 is 11.9 Å². The molecule has 0 aliphatic carbocycles. The summed E-state index contributed by atoms with van der Waals surface area (Å²) in [5.74, 6) is 0. The number of benzene rings is 2. The lowest BCUT2D eigenvalue weighted by atomic mass is 10.2. The van der Waals surface area contributed by atoms with Crippen molar-refractivity contribution in [2.45, 2.75) is 6.61 Å². The second-order valence-corrected chi connectivity index (χ2v) is 3.65. The lowest BCUT2D eigenvalue weighted by Crippen LogP contribution is -1.95. The van der Waals surface area contributed by atoms with Crippen LogP contribution in [0.1, 0.15) is 5.56 Å². The Labute approximate surface area is 102 Å². The highest BCUT2D eigenvalue weighted by Gasteiger charge is 1.89. The zero-order chi connectivity index (χ0) is 11.8. The third kappa shape index (κ3) is 4.21. The van der Waals surface area contributed by atoms with Gasteiger partial charge in [0.2, 0.25) is 0 Å². The van der Waals surface area contributed by atoms with Crippen LogP contribution in [0.5, 0.6) is 0 Å². The van der Waals surface area contributed by atoms with Crippen molar-refractivity contribution in [2.24, 2.45) is 4.99 Å². The van der Waals surface area contributed by atoms with Gasteiger partial charge < -0.3 is 4.74 Å². The number of nitrogens with zero attached hydrogens (tertiary/aromatic N) is 1. The zero-order valence-corrected chi connectivity index (χ0v) is 9.62. The van der Waals surface area contributed by atoms with E-state index in [9.17, 15) is 0 Å². The van der Waals surface area contributed by atoms with Crippen molar-refractivity contribution in [1.29, 1.82) is 0 Å². The highest BCUT2D eigenvalue weighted by molar-refractivity contribution is 5.63. The maximum atomic E-state index is 5.49. The van der Waals surface area contributed by atoms with E-state index >= 15 is 0 Å². The summed E-state index contributed by atoms with van der Waals surface area (Å²) in [4.78, 5) is 4.29. The summed E-state index contributed by atoms with van der Waals surface area (Å²) in [7, 11) is 0. The molecule has 2 nitrogen and oxygen atoms in total. The number of rotatable bonds is 5. The molecule has 0 N–H and O–H groups in total. The van der Waals surface area contributed by atoms with E-state index in [1.807, 2.05) is 60.7 Å². The molecule has 0 saturated carbocycles. The van der Waals surface area contributed by atoms with E-state index in [4.69, 9.17) is 4.74 Å². The van der Waals surface area contributed by atoms with E-state index in [2.05, 4.69) is 4.99 Å². The Balaban J connectivity index is 1.72. The molecule has 0 bridgehead atoms. The minimum Gasteiger partial charge on any atom is -0.371 e. The van der Waals surface area contributed by atoms with Gasteiger partial charge in [0.05, 0.1) is 18.9 Å². The molecule has 2 aromatic carbocycles. The monoisotopic (exact) mass is 225 g/mol. The summed E-state index contributed by atoms with van der Waals surface area (Å²) in [6.45, 7) is 1.16. The van der Waals surface area contributed by atoms with Crippen LogP contribution in [0.25, 0.3) is 0 Å². The second-order valence-electron chi connectivity index (χ2n) is 3.65. The van der Waals surface area contributed by atoms with E-state index < -0.39 is 0 Å². The van der Waals surface area contributed by atoms with Gasteiger partial charge in [-0.15, -0.1) is 0 Å². The molecule has 0 unspecified atom stereocenters. The molecule has 0 radical (unpaired) electrons. The molecule has 2 rings (SSSR count). The molecular formula is C15H15NO. The lowest BCUT2D eigenvalue weighted by molar-refractivity contribution is 0.160. The Morgan fingerprint density at radius 2 is 1.53 bits per heavy atom. The number of hydrogen-bond acceptors (Lipinski definition) is 2. The Morgan fingerprint density at radius 1 is 0.882 bits per heavy atom. The molecule has 0 aliphatic rings. The maximum Gasteiger partial charge on any atom is 0.0823 e. The lowest BCUT2D eigenvalue weighted by Gasteiger charge is -2.00. The van der Waals surface area contributed by atoms with Gasteiger partial charge in [-0.05, 0) is 17.7 Å². The molecule has 0 saturated heterocycles. The second kappa shape index (κ2) is 6.61. The SMILES string of the molecule is C(COCc1ccccc1)=Nc1ccccc1. The van der Waals surface area contributed by atoms with Crippen molar-refractivity contribution < 1.29 is 4.74 Å². The van der Waals surface area contributed by atoms with Crippen LogP contribution >= 0.6 is 0 Å². The first-order valence-electron chi connectivity index (χ1n) is 5.64. The summed E-state index contributed by atoms with van der Waals surface area (Å²) in [6.07, 6.45) is 1.79. The molecule has 0 atom stereocenters. The first-order valence-corrected chi connectivity index (χ1v) is 5.64. The Morgan fingerprint density at radius 3 is 2.24 bits per heavy atom. The summed E-state index contributed by atoms with van der Waals surface area (Å²) in [5, 5.41) is 0. The highest BCUT2D eigenvalue weighted by Crippen LogP contribution is 2.08. The van der Waals surface area contributed by atoms with Crippen LogP contribution in [-0.4, -0.2) is 12.8 Å². The summed E-state index contributed by atoms with van der Waals surface area (Å²) in [5.41, 5.74) is 2.14. The van der Waals surface area contributed by atoms with Gasteiger partial charge in [-0.3, -0.25) is 4.99 Å². The van der Waals surface area contributed by atoms with Crippen LogP contribution in [-0.2, 0) is 11.3 Å². The number of ether oxygens (including phenoxy) is 1. The largest absolute Gasteiger partial charge is 0.371 e. The number of para-hydroxylation sites is 1. The molecule has 0 amide bonds. The van der Waals surface area contributed by atoms with E-state index in [0.717, 1.165) is 5.69 Å². The average Bonchev–Trinajstić information content (AvgIpc) is 2.41. The van der Waals surface area contributed by atoms with Gasteiger partial charge in [0.1, 0.15) is 0 Å². The van der Waals surface area contributed by atoms with Gasteiger partial charge in [0.15, 0.2) is 0 Å². The van der Waals surface area contributed by atoms with Crippen molar-refractivity contribution in [3.05, 3.63) is 66.2 Å². The number of hydrogen-bond donors (Lipinski definition) is 0. The number of aliphatic imine (C=N–C) groups is 1. The third-order valence-corrected chi connectivity index (χ3v) is 2.30. The fourth-order valence-corrected chi connectivity index (χ4v) is 1.46. The van der Waals surface area contributed by atoms with E-state index in [1.54, 1.807) is 6.21 Å². The Bertz CT molecular complexity index is 451. The average molecular weight is 225 g/mol. The fourth-order valence-electron chi connectivity index (χ4n) is 1.46. The van der Waals surface area contributed by atoms with Crippen LogP contribution in [0.2, 0.25) is 0 Å². The quantitative estimate of drug-likeness (QED) is 0.562. The maximum absolute atomic E-state index is 5.49. The van der Waals surface area contributed by atoms with Gasteiger partial charge in [0.25, 0.3) is 0 Å². The topological polar surface area (TPSA) is 21.6 Å². The fraction of sp³-hybridized carbons (Fsp3) is 0.133. The van der Waals surface area contributed by atoms with E-state index in [0.29, 0.717) is 13.2 Å². The van der Waals surface area contributed by atoms with Gasteiger partial charge in [-0.2, -0.15) is 0 Å². The smallest absolute Gasteiger partial charge is 0.0823 e. The van der Waals surface area contributed by atoms with Crippen LogP contribution < -0.4 is 0 Å². The summed E-state index contributed by atoms with van der Waals surface area (Å²) < 4.78 is 5.49. The third-order valence-electron chi connectivity index (χ3n) is 2.30. The van der Waals surface area contributed by atoms with Crippen molar-refractivity contribution in [2.75, 3.05) is 6.61 Å². The normalized spacial score (nSPS) is 10.8. The standard InChI is InChI=1S/C15H15NO/c1-3-7-14(8-4-1)13-17-12-11-16-15-9-5-2-6-10-15/h1-11H,12-13H2. The van der Waals surface area contributed by atoms with Gasteiger partial charge in [-0.25, -0.2) is 0 Å². The van der Waals surface area contributed by atoms with E-state index in [-0.39, 0.29) is 0 Å². The molecular weight excluding hydrogens is 210 g/mol. The molecule has 0 aliphatic heterocycles. The molecule has 0 aromatic heterocycles. The molecule has 0 fully saturated rings. The zero-order valence-electron chi connectivity index (χ0n) is 9.62. The summed E-state index contributed by atoms with van der Waals surface area (Å²) in [6, 6.07) is 20.0. The predicted octanol–water partition coefficient (Wildman–Crippen LogP) is 3.61. The van der Waals surface area contributed by atoms with Crippen LogP contribution in [0, 0.1) is 0 Å². The van der Waals surface area contributed by atoms with Gasteiger partial charge >= 0.3 is 0 Å². The van der Waals surface area contributed by atoms with Crippen LogP contribution in [0.15, 0.2) is 65.7 Å². The van der Waals surface area contributed by atoms with Crippen molar-refractivity contribution in [3.8, 4) is 0 Å². The Hall–Kier alpha value is -1.93. The van der Waals surface area contributed by atoms with Crippen molar-refractivity contribution in [1.82, 2.24) is 0 Å². The minimum absolute atomic E-state index is 0.532. The van der Waals surface area contributed by atoms with Crippen LogP contribution in [0.3, 0.4) is 0 Å². The molecule has 2 aromatic rings. The van der Waals surface area contributed by atoms with Gasteiger partial charge in [-0.1, -0.05) is 48.5 Å². The van der Waals surface area contributed by atoms with Crippen molar-refractivity contribution in [3.63, 3.8) is 0 Å². The highest BCUT2D eigenvalue weighted by atomic mass is 16.5. The van der Waals surface area contributed by atoms with E-state index in [1.165, 1.54) is 5.56 Å². The van der Waals surface area contributed by atoms with Gasteiger partial charge in [0, 0.05) is 6.21 Å². The molecule has 86 valence electrons.